The highest BCUT2D eigenvalue weighted by Crippen LogP contribution is 2.22. The smallest absolute Gasteiger partial charge is 0.0746 e. The molecule has 1 N–H and O–H groups in total. The molecule has 1 fully saturated rings. The van der Waals surface area contributed by atoms with Gasteiger partial charge in [0, 0.05) is 19.6 Å². The van der Waals surface area contributed by atoms with Crippen LogP contribution in [-0.4, -0.2) is 35.2 Å². The Hall–Kier alpha value is -0.0800. The largest absolute Gasteiger partial charge is 0.389 e. The van der Waals surface area contributed by atoms with E-state index < -0.39 is 5.60 Å². The van der Waals surface area contributed by atoms with E-state index in [1.807, 2.05) is 6.92 Å². The van der Waals surface area contributed by atoms with E-state index in [0.29, 0.717) is 0 Å². The minimum atomic E-state index is -0.465. The quantitative estimate of drug-likeness (QED) is 0.707. The molecule has 2 heteroatoms. The van der Waals surface area contributed by atoms with E-state index in [2.05, 4.69) is 18.7 Å². The van der Waals surface area contributed by atoms with Gasteiger partial charge in [0.15, 0.2) is 0 Å². The number of likely N-dealkylation sites (tertiary alicyclic amines) is 1. The van der Waals surface area contributed by atoms with Crippen molar-refractivity contribution < 1.29 is 5.11 Å². The number of aliphatic hydroxyl groups is 1. The number of rotatable bonds is 5. The maximum atomic E-state index is 9.97. The monoisotopic (exact) mass is 185 g/mol. The summed E-state index contributed by atoms with van der Waals surface area (Å²) in [5.74, 6) is 0.887. The van der Waals surface area contributed by atoms with Crippen LogP contribution in [0.1, 0.15) is 40.0 Å². The number of β-amino-alcohol motifs (C(OH)–C–C–N with tert-alkyl or cyclic N) is 1. The fraction of sp³-hybridized carbons (Fsp3) is 1.00. The zero-order chi connectivity index (χ0) is 9.90. The van der Waals surface area contributed by atoms with Gasteiger partial charge in [-0.1, -0.05) is 26.7 Å². The van der Waals surface area contributed by atoms with Gasteiger partial charge in [-0.05, 0) is 19.3 Å². The third kappa shape index (κ3) is 3.28. The highest BCUT2D eigenvalue weighted by molar-refractivity contribution is 4.85. The lowest BCUT2D eigenvalue weighted by Crippen LogP contribution is -2.52. The molecule has 2 nitrogen and oxygen atoms in total. The van der Waals surface area contributed by atoms with Crippen molar-refractivity contribution in [2.24, 2.45) is 5.92 Å². The van der Waals surface area contributed by atoms with Crippen LogP contribution in [0.5, 0.6) is 0 Å². The van der Waals surface area contributed by atoms with Crippen molar-refractivity contribution in [1.82, 2.24) is 4.90 Å². The lowest BCUT2D eigenvalue weighted by atomic mass is 9.93. The van der Waals surface area contributed by atoms with Crippen LogP contribution in [0.4, 0.5) is 0 Å². The van der Waals surface area contributed by atoms with Crippen LogP contribution < -0.4 is 0 Å². The van der Waals surface area contributed by atoms with Crippen molar-refractivity contribution in [3.8, 4) is 0 Å². The molecule has 0 radical (unpaired) electrons. The molecule has 13 heavy (non-hydrogen) atoms. The van der Waals surface area contributed by atoms with E-state index in [1.165, 1.54) is 19.5 Å². The van der Waals surface area contributed by atoms with E-state index in [4.69, 9.17) is 0 Å². The van der Waals surface area contributed by atoms with Crippen molar-refractivity contribution in [2.75, 3.05) is 19.6 Å². The third-order valence-electron chi connectivity index (χ3n) is 2.96. The molecule has 0 aromatic rings. The van der Waals surface area contributed by atoms with Crippen LogP contribution in [0.25, 0.3) is 0 Å². The summed E-state index contributed by atoms with van der Waals surface area (Å²) in [4.78, 5) is 2.36. The van der Waals surface area contributed by atoms with Crippen molar-refractivity contribution in [3.63, 3.8) is 0 Å². The molecule has 1 rings (SSSR count). The summed E-state index contributed by atoms with van der Waals surface area (Å²) in [6.45, 7) is 9.56. The summed E-state index contributed by atoms with van der Waals surface area (Å²) in [5.41, 5.74) is -0.465. The third-order valence-corrected chi connectivity index (χ3v) is 2.96. The first-order chi connectivity index (χ1) is 6.07. The van der Waals surface area contributed by atoms with Gasteiger partial charge >= 0.3 is 0 Å². The van der Waals surface area contributed by atoms with Crippen molar-refractivity contribution in [1.29, 1.82) is 0 Å². The standard InChI is InChI=1S/C11H23NO/c1-4-6-11(3,13)9-12-7-10(5-2)8-12/h10,13H,4-9H2,1-3H3. The normalized spacial score (nSPS) is 24.0. The Morgan fingerprint density at radius 3 is 2.46 bits per heavy atom. The van der Waals surface area contributed by atoms with Crippen LogP contribution in [-0.2, 0) is 0 Å². The molecule has 1 unspecified atom stereocenters. The maximum Gasteiger partial charge on any atom is 0.0746 e. The first kappa shape index (κ1) is 11.0. The van der Waals surface area contributed by atoms with Gasteiger partial charge in [0.05, 0.1) is 5.60 Å². The van der Waals surface area contributed by atoms with Crippen molar-refractivity contribution >= 4 is 0 Å². The average Bonchev–Trinajstić information content (AvgIpc) is 1.95. The average molecular weight is 185 g/mol. The molecular formula is C11H23NO. The minimum absolute atomic E-state index is 0.465. The first-order valence-electron chi connectivity index (χ1n) is 5.52. The van der Waals surface area contributed by atoms with Crippen LogP contribution in [0, 0.1) is 5.92 Å². The van der Waals surface area contributed by atoms with E-state index in [1.54, 1.807) is 0 Å². The molecule has 78 valence electrons. The Bertz CT molecular complexity index is 150. The first-order valence-corrected chi connectivity index (χ1v) is 5.52. The Kier molecular flexibility index (Phi) is 3.74. The van der Waals surface area contributed by atoms with Crippen LogP contribution in [0.3, 0.4) is 0 Å². The number of nitrogens with zero attached hydrogens (tertiary/aromatic N) is 1. The van der Waals surface area contributed by atoms with Gasteiger partial charge in [-0.2, -0.15) is 0 Å². The van der Waals surface area contributed by atoms with E-state index >= 15 is 0 Å². The summed E-state index contributed by atoms with van der Waals surface area (Å²) >= 11 is 0. The van der Waals surface area contributed by atoms with Gasteiger partial charge in [0.1, 0.15) is 0 Å². The SMILES string of the molecule is CCCC(C)(O)CN1CC(CC)C1. The predicted octanol–water partition coefficient (Wildman–Crippen LogP) is 1.88. The van der Waals surface area contributed by atoms with Gasteiger partial charge in [-0.15, -0.1) is 0 Å². The molecule has 0 bridgehead atoms. The fourth-order valence-corrected chi connectivity index (χ4v) is 2.16. The highest BCUT2D eigenvalue weighted by atomic mass is 16.3. The minimum Gasteiger partial charge on any atom is -0.389 e. The molecule has 1 saturated heterocycles. The molecule has 1 aliphatic heterocycles. The zero-order valence-corrected chi connectivity index (χ0v) is 9.21. The second-order valence-corrected chi connectivity index (χ2v) is 4.72. The second kappa shape index (κ2) is 4.43. The topological polar surface area (TPSA) is 23.5 Å². The molecule has 1 heterocycles. The van der Waals surface area contributed by atoms with Crippen LogP contribution >= 0.6 is 0 Å². The van der Waals surface area contributed by atoms with E-state index in [-0.39, 0.29) is 0 Å². The summed E-state index contributed by atoms with van der Waals surface area (Å²) < 4.78 is 0. The zero-order valence-electron chi connectivity index (χ0n) is 9.21. The predicted molar refractivity (Wildman–Crippen MR) is 55.8 cm³/mol. The molecule has 0 aromatic carbocycles. The summed E-state index contributed by atoms with van der Waals surface area (Å²) in [6.07, 6.45) is 3.27. The lowest BCUT2D eigenvalue weighted by molar-refractivity contribution is -0.0252. The summed E-state index contributed by atoms with van der Waals surface area (Å²) in [7, 11) is 0. The molecule has 0 aromatic heterocycles. The Labute approximate surface area is 81.9 Å². The van der Waals surface area contributed by atoms with Gasteiger partial charge in [-0.25, -0.2) is 0 Å². The van der Waals surface area contributed by atoms with Gasteiger partial charge < -0.3 is 5.11 Å². The fourth-order valence-electron chi connectivity index (χ4n) is 2.16. The Balaban J connectivity index is 2.18. The van der Waals surface area contributed by atoms with Gasteiger partial charge in [0.2, 0.25) is 0 Å². The maximum absolute atomic E-state index is 9.97. The summed E-state index contributed by atoms with van der Waals surface area (Å²) in [5, 5.41) is 9.97. The van der Waals surface area contributed by atoms with Crippen LogP contribution in [0.2, 0.25) is 0 Å². The highest BCUT2D eigenvalue weighted by Gasteiger charge is 2.30. The molecule has 1 aliphatic rings. The van der Waals surface area contributed by atoms with Crippen molar-refractivity contribution in [3.05, 3.63) is 0 Å². The molecule has 0 saturated carbocycles. The molecule has 0 spiro atoms. The molecule has 0 aliphatic carbocycles. The van der Waals surface area contributed by atoms with E-state index in [0.717, 1.165) is 25.3 Å². The lowest BCUT2D eigenvalue weighted by Gasteiger charge is -2.42. The molecule has 0 amide bonds. The van der Waals surface area contributed by atoms with Gasteiger partial charge in [0.25, 0.3) is 0 Å². The Morgan fingerprint density at radius 2 is 2.00 bits per heavy atom. The van der Waals surface area contributed by atoms with Crippen LogP contribution in [0.15, 0.2) is 0 Å². The number of hydrogen-bond donors (Lipinski definition) is 1. The van der Waals surface area contributed by atoms with Gasteiger partial charge in [-0.3, -0.25) is 4.90 Å². The molecule has 1 atom stereocenters. The van der Waals surface area contributed by atoms with E-state index in [9.17, 15) is 5.11 Å². The second-order valence-electron chi connectivity index (χ2n) is 4.72. The van der Waals surface area contributed by atoms with Crippen molar-refractivity contribution in [2.45, 2.75) is 45.6 Å². The number of hydrogen-bond acceptors (Lipinski definition) is 2. The Morgan fingerprint density at radius 1 is 1.38 bits per heavy atom. The molecular weight excluding hydrogens is 162 g/mol. The summed E-state index contributed by atoms with van der Waals surface area (Å²) in [6, 6.07) is 0.